The number of pyridine rings is 1. The number of carbonyl (C=O) groups excluding carboxylic acids is 4. The molecule has 15 nitrogen and oxygen atoms in total. The number of anilines is 1. The molecule has 3 aromatic rings. The SMILES string of the molecule is CCCCCCCCC(CCCCCC)C(=O)OCCCCCCN(CCCCCCOC(=O)C(CCCCCC)CCCCCCCC)CCCN(CCCCCCOC(=O)C(CCCCCC)CCCCCCCC)CCCCCC(=O)OC(C)(C)Cn1c(CNCC)nc2c(N)nc3ccccc3c21. The highest BCUT2D eigenvalue weighted by Crippen LogP contribution is 2.32. The number of aromatic nitrogens is 3. The molecule has 0 aliphatic carbocycles. The van der Waals surface area contributed by atoms with E-state index in [1.165, 1.54) is 154 Å². The van der Waals surface area contributed by atoms with Gasteiger partial charge in [0.05, 0.1) is 61.7 Å². The van der Waals surface area contributed by atoms with Gasteiger partial charge in [0.25, 0.3) is 0 Å². The zero-order chi connectivity index (χ0) is 77.5. The fraction of sp³-hybridized carbons (Fsp3) is 0.848. The van der Waals surface area contributed by atoms with Gasteiger partial charge in [0.2, 0.25) is 0 Å². The Labute approximate surface area is 656 Å². The number of benzene rings is 1. The number of nitrogen functional groups attached to an aromatic ring is 1. The first-order valence-electron chi connectivity index (χ1n) is 45.7. The lowest BCUT2D eigenvalue weighted by atomic mass is 9.94. The minimum Gasteiger partial charge on any atom is -0.465 e. The molecule has 3 atom stereocenters. The summed E-state index contributed by atoms with van der Waals surface area (Å²) in [6.45, 7) is 29.1. The molecule has 618 valence electrons. The van der Waals surface area contributed by atoms with E-state index >= 15 is 0 Å². The molecule has 0 fully saturated rings. The summed E-state index contributed by atoms with van der Waals surface area (Å²) in [5, 5.41) is 4.41. The second-order valence-electron chi connectivity index (χ2n) is 32.7. The Morgan fingerprint density at radius 1 is 0.421 bits per heavy atom. The second-order valence-corrected chi connectivity index (χ2v) is 32.7. The molecule has 0 aliphatic rings. The first kappa shape index (κ1) is 96.9. The zero-order valence-electron chi connectivity index (χ0n) is 71.1. The average Bonchev–Trinajstić information content (AvgIpc) is 1.61. The molecule has 107 heavy (non-hydrogen) atoms. The van der Waals surface area contributed by atoms with Gasteiger partial charge < -0.3 is 44.4 Å². The van der Waals surface area contributed by atoms with Crippen molar-refractivity contribution in [1.82, 2.24) is 29.7 Å². The van der Waals surface area contributed by atoms with Crippen LogP contribution in [0, 0.1) is 17.8 Å². The molecule has 2 aromatic heterocycles. The highest BCUT2D eigenvalue weighted by atomic mass is 16.6. The molecule has 0 bridgehead atoms. The van der Waals surface area contributed by atoms with Crippen LogP contribution in [0.15, 0.2) is 24.3 Å². The van der Waals surface area contributed by atoms with Crippen molar-refractivity contribution in [3.05, 3.63) is 30.1 Å². The largest absolute Gasteiger partial charge is 0.465 e. The van der Waals surface area contributed by atoms with Gasteiger partial charge in [-0.05, 0) is 162 Å². The van der Waals surface area contributed by atoms with E-state index in [9.17, 15) is 19.2 Å². The third-order valence-corrected chi connectivity index (χ3v) is 22.2. The summed E-state index contributed by atoms with van der Waals surface area (Å²) >= 11 is 0. The molecular formula is C92H167N7O8. The summed E-state index contributed by atoms with van der Waals surface area (Å²) in [5.41, 5.74) is 8.11. The molecule has 0 saturated carbocycles. The molecule has 0 aliphatic heterocycles. The third-order valence-electron chi connectivity index (χ3n) is 22.2. The van der Waals surface area contributed by atoms with Crippen molar-refractivity contribution in [2.75, 3.05) is 71.4 Å². The predicted octanol–water partition coefficient (Wildman–Crippen LogP) is 24.5. The van der Waals surface area contributed by atoms with E-state index in [2.05, 4.69) is 79.2 Å². The summed E-state index contributed by atoms with van der Waals surface area (Å²) in [6.07, 6.45) is 59.2. The first-order valence-corrected chi connectivity index (χ1v) is 45.7. The number of unbranched alkanes of at least 4 members (excludes halogenated alkanes) is 35. The number of para-hydroxylation sites is 1. The lowest BCUT2D eigenvalue weighted by Gasteiger charge is -2.27. The number of fused-ring (bicyclic) bond motifs is 3. The summed E-state index contributed by atoms with van der Waals surface area (Å²) in [6, 6.07) is 8.01. The minimum absolute atomic E-state index is 0.0314. The molecule has 0 saturated heterocycles. The minimum atomic E-state index is -0.805. The molecule has 3 rings (SSSR count). The number of ether oxygens (including phenoxy) is 4. The van der Waals surface area contributed by atoms with Gasteiger partial charge in [0.15, 0.2) is 5.82 Å². The Morgan fingerprint density at radius 2 is 0.748 bits per heavy atom. The molecular weight excluding hydrogens is 1330 g/mol. The van der Waals surface area contributed by atoms with Crippen LogP contribution < -0.4 is 11.1 Å². The van der Waals surface area contributed by atoms with Crippen molar-refractivity contribution in [3.63, 3.8) is 0 Å². The van der Waals surface area contributed by atoms with Gasteiger partial charge >= 0.3 is 23.9 Å². The van der Waals surface area contributed by atoms with Crippen LogP contribution in [-0.2, 0) is 51.2 Å². The molecule has 15 heteroatoms. The maximum absolute atomic E-state index is 13.8. The highest BCUT2D eigenvalue weighted by molar-refractivity contribution is 6.06. The van der Waals surface area contributed by atoms with Crippen LogP contribution in [0.5, 0.6) is 0 Å². The third kappa shape index (κ3) is 46.9. The van der Waals surface area contributed by atoms with Crippen molar-refractivity contribution in [2.24, 2.45) is 17.8 Å². The summed E-state index contributed by atoms with van der Waals surface area (Å²) in [5.74, 6) is 1.27. The quantitative estimate of drug-likeness (QED) is 0.0309. The van der Waals surface area contributed by atoms with Gasteiger partial charge in [-0.3, -0.25) is 19.2 Å². The number of nitrogens with zero attached hydrogens (tertiary/aromatic N) is 5. The Morgan fingerprint density at radius 3 is 1.13 bits per heavy atom. The van der Waals surface area contributed by atoms with Gasteiger partial charge in [-0.2, -0.15) is 0 Å². The Hall–Kier alpha value is -4.34. The van der Waals surface area contributed by atoms with E-state index in [4.69, 9.17) is 29.7 Å². The van der Waals surface area contributed by atoms with Crippen molar-refractivity contribution < 1.29 is 38.1 Å². The van der Waals surface area contributed by atoms with Crippen LogP contribution in [0.3, 0.4) is 0 Å². The van der Waals surface area contributed by atoms with Gasteiger partial charge in [-0.1, -0.05) is 304 Å². The number of imidazole rings is 1. The number of esters is 4. The van der Waals surface area contributed by atoms with Crippen molar-refractivity contribution in [2.45, 2.75) is 421 Å². The van der Waals surface area contributed by atoms with Crippen LogP contribution in [0.2, 0.25) is 0 Å². The number of rotatable bonds is 76. The maximum Gasteiger partial charge on any atom is 0.308 e. The molecule has 3 N–H and O–H groups in total. The Balaban J connectivity index is 1.68. The zero-order valence-corrected chi connectivity index (χ0v) is 71.1. The standard InChI is InChI=1S/C92H167N7O8/c1-10-17-23-29-32-45-62-79(59-42-26-20-13-4)89(101)104-74-55-38-35-51-68-97(69-52-36-39-56-75-105-90(102)80(60-43-27-21-14-5)63-46-33-30-24-18-11-2)72-58-73-98(70-53-37-40-57-76-106-91(103)81(61-44-28-22-15-6)64-47-34-31-25-19-12-3)71-54-41-48-67-85(100)107-92(8,9)78-99-84(77-94-16-7)96-86-87(99)82-65-49-50-66-83(82)95-88(86)93/h49-50,65-66,79-81,94H,10-48,51-64,67-78H2,1-9H3,(H2,93,95). The van der Waals surface area contributed by atoms with Gasteiger partial charge in [0.1, 0.15) is 16.9 Å². The van der Waals surface area contributed by atoms with Crippen LogP contribution in [-0.4, -0.2) is 119 Å². The topological polar surface area (TPSA) is 180 Å². The van der Waals surface area contributed by atoms with E-state index in [0.717, 1.165) is 248 Å². The maximum atomic E-state index is 13.8. The highest BCUT2D eigenvalue weighted by Gasteiger charge is 2.29. The van der Waals surface area contributed by atoms with Crippen molar-refractivity contribution >= 4 is 51.6 Å². The first-order chi connectivity index (χ1) is 52.2. The van der Waals surface area contributed by atoms with E-state index in [1.54, 1.807) is 0 Å². The van der Waals surface area contributed by atoms with E-state index in [0.29, 0.717) is 50.7 Å². The average molecular weight is 1500 g/mol. The molecule has 0 spiro atoms. The van der Waals surface area contributed by atoms with Crippen LogP contribution in [0.4, 0.5) is 5.82 Å². The monoisotopic (exact) mass is 1500 g/mol. The van der Waals surface area contributed by atoms with Gasteiger partial charge in [0, 0.05) is 11.8 Å². The Bertz CT molecular complexity index is 2590. The number of nitrogens with two attached hydrogens (primary N) is 1. The van der Waals surface area contributed by atoms with E-state index in [-0.39, 0.29) is 41.6 Å². The number of carbonyl (C=O) groups is 4. The van der Waals surface area contributed by atoms with Crippen molar-refractivity contribution in [1.29, 1.82) is 0 Å². The number of hydrogen-bond acceptors (Lipinski definition) is 14. The molecule has 3 unspecified atom stereocenters. The molecule has 1 aromatic carbocycles. The van der Waals surface area contributed by atoms with E-state index in [1.807, 2.05) is 32.0 Å². The number of hydrogen-bond donors (Lipinski definition) is 2. The molecule has 0 radical (unpaired) electrons. The summed E-state index contributed by atoms with van der Waals surface area (Å²) in [7, 11) is 0. The van der Waals surface area contributed by atoms with Gasteiger partial charge in [-0.25, -0.2) is 9.97 Å². The van der Waals surface area contributed by atoms with Crippen LogP contribution in [0.1, 0.15) is 408 Å². The summed E-state index contributed by atoms with van der Waals surface area (Å²) < 4.78 is 26.6. The fourth-order valence-electron chi connectivity index (χ4n) is 15.5. The summed E-state index contributed by atoms with van der Waals surface area (Å²) in [4.78, 5) is 69.3. The van der Waals surface area contributed by atoms with Crippen LogP contribution in [0.25, 0.3) is 21.9 Å². The lowest BCUT2D eigenvalue weighted by molar-refractivity contribution is -0.158. The number of nitrogens with one attached hydrogen (secondary N) is 1. The van der Waals surface area contributed by atoms with E-state index < -0.39 is 5.60 Å². The second kappa shape index (κ2) is 65.2. The molecule has 2 heterocycles. The van der Waals surface area contributed by atoms with Crippen molar-refractivity contribution in [3.8, 4) is 0 Å². The Kier molecular flexibility index (Phi) is 59.1. The normalized spacial score (nSPS) is 12.8. The molecule has 0 amide bonds. The fourth-order valence-corrected chi connectivity index (χ4v) is 15.5. The predicted molar refractivity (Wildman–Crippen MR) is 452 cm³/mol. The van der Waals surface area contributed by atoms with Crippen LogP contribution >= 0.6 is 0 Å². The smallest absolute Gasteiger partial charge is 0.308 e. The van der Waals surface area contributed by atoms with Gasteiger partial charge in [-0.15, -0.1) is 0 Å². The lowest BCUT2D eigenvalue weighted by Crippen LogP contribution is -2.34.